The number of hydrogen-bond acceptors (Lipinski definition) is 3. The van der Waals surface area contributed by atoms with Crippen LogP contribution in [0, 0.1) is 6.92 Å². The van der Waals surface area contributed by atoms with Crippen molar-refractivity contribution in [2.75, 3.05) is 23.7 Å². The lowest BCUT2D eigenvalue weighted by molar-refractivity contribution is 0.545. The van der Waals surface area contributed by atoms with E-state index in [-0.39, 0.29) is 0 Å². The monoisotopic (exact) mass is 194 g/mol. The summed E-state index contributed by atoms with van der Waals surface area (Å²) in [6.45, 7) is 7.35. The van der Waals surface area contributed by atoms with E-state index >= 15 is 0 Å². The van der Waals surface area contributed by atoms with E-state index in [4.69, 9.17) is 5.73 Å². The van der Waals surface area contributed by atoms with Crippen LogP contribution in [0.5, 0.6) is 0 Å². The zero-order valence-corrected chi connectivity index (χ0v) is 8.95. The summed E-state index contributed by atoms with van der Waals surface area (Å²) < 4.78 is 2.05. The Balaban J connectivity index is 2.32. The summed E-state index contributed by atoms with van der Waals surface area (Å²) in [5, 5.41) is 4.45. The van der Waals surface area contributed by atoms with Gasteiger partial charge >= 0.3 is 0 Å². The van der Waals surface area contributed by atoms with Gasteiger partial charge in [-0.05, 0) is 19.8 Å². The third kappa shape index (κ3) is 1.35. The fourth-order valence-corrected chi connectivity index (χ4v) is 1.81. The standard InChI is InChI=1S/C10H18N4/c1-3-5-14-10(13-6-4-7-13)9(11)8(2)12-14/h3-7,11H2,1-2H3. The van der Waals surface area contributed by atoms with Gasteiger partial charge in [-0.25, -0.2) is 4.68 Å². The van der Waals surface area contributed by atoms with E-state index in [0.29, 0.717) is 0 Å². The van der Waals surface area contributed by atoms with E-state index in [0.717, 1.165) is 43.3 Å². The summed E-state index contributed by atoms with van der Waals surface area (Å²) in [5.74, 6) is 1.13. The van der Waals surface area contributed by atoms with E-state index in [1.54, 1.807) is 0 Å². The highest BCUT2D eigenvalue weighted by molar-refractivity contribution is 5.67. The molecule has 0 aromatic carbocycles. The van der Waals surface area contributed by atoms with Gasteiger partial charge in [0.15, 0.2) is 5.82 Å². The topological polar surface area (TPSA) is 47.1 Å². The Morgan fingerprint density at radius 3 is 2.64 bits per heavy atom. The van der Waals surface area contributed by atoms with Gasteiger partial charge in [-0.3, -0.25) is 0 Å². The lowest BCUT2D eigenvalue weighted by Crippen LogP contribution is -2.39. The molecule has 1 aromatic heterocycles. The molecular formula is C10H18N4. The average molecular weight is 194 g/mol. The van der Waals surface area contributed by atoms with Crippen LogP contribution in [0.4, 0.5) is 11.5 Å². The Hall–Kier alpha value is -1.19. The van der Waals surface area contributed by atoms with Crippen molar-refractivity contribution in [3.05, 3.63) is 5.69 Å². The zero-order valence-electron chi connectivity index (χ0n) is 8.95. The highest BCUT2D eigenvalue weighted by Gasteiger charge is 2.22. The molecule has 2 rings (SSSR count). The molecule has 0 bridgehead atoms. The molecular weight excluding hydrogens is 176 g/mol. The third-order valence-corrected chi connectivity index (χ3v) is 2.74. The first-order valence-corrected chi connectivity index (χ1v) is 5.32. The first-order valence-electron chi connectivity index (χ1n) is 5.32. The number of hydrogen-bond donors (Lipinski definition) is 1. The molecule has 1 aliphatic rings. The Morgan fingerprint density at radius 1 is 1.43 bits per heavy atom. The van der Waals surface area contributed by atoms with Crippen LogP contribution in [-0.4, -0.2) is 22.9 Å². The maximum absolute atomic E-state index is 6.02. The summed E-state index contributed by atoms with van der Waals surface area (Å²) in [7, 11) is 0. The number of rotatable bonds is 3. The Morgan fingerprint density at radius 2 is 2.14 bits per heavy atom. The second-order valence-electron chi connectivity index (χ2n) is 3.89. The Kier molecular flexibility index (Phi) is 2.35. The molecule has 4 heteroatoms. The predicted molar refractivity (Wildman–Crippen MR) is 58.5 cm³/mol. The van der Waals surface area contributed by atoms with Crippen LogP contribution < -0.4 is 10.6 Å². The molecule has 78 valence electrons. The number of anilines is 2. The molecule has 4 nitrogen and oxygen atoms in total. The molecule has 14 heavy (non-hydrogen) atoms. The maximum atomic E-state index is 6.02. The van der Waals surface area contributed by atoms with Gasteiger partial charge < -0.3 is 10.6 Å². The lowest BCUT2D eigenvalue weighted by Gasteiger charge is -2.33. The van der Waals surface area contributed by atoms with Gasteiger partial charge in [0.2, 0.25) is 0 Å². The minimum Gasteiger partial charge on any atom is -0.394 e. The maximum Gasteiger partial charge on any atom is 0.150 e. The molecule has 1 aliphatic heterocycles. The van der Waals surface area contributed by atoms with E-state index in [2.05, 4.69) is 16.9 Å². The molecule has 0 amide bonds. The summed E-state index contributed by atoms with van der Waals surface area (Å²) in [5.41, 5.74) is 7.84. The zero-order chi connectivity index (χ0) is 10.1. The quantitative estimate of drug-likeness (QED) is 0.791. The number of nitrogens with two attached hydrogens (primary N) is 1. The van der Waals surface area contributed by atoms with E-state index in [1.807, 2.05) is 11.6 Å². The predicted octanol–water partition coefficient (Wildman–Crippen LogP) is 1.39. The van der Waals surface area contributed by atoms with Crippen molar-refractivity contribution in [2.24, 2.45) is 0 Å². The van der Waals surface area contributed by atoms with Crippen molar-refractivity contribution in [2.45, 2.75) is 33.2 Å². The van der Waals surface area contributed by atoms with E-state index in [9.17, 15) is 0 Å². The molecule has 1 fully saturated rings. The number of aryl methyl sites for hydroxylation is 2. The molecule has 0 aliphatic carbocycles. The van der Waals surface area contributed by atoms with Gasteiger partial charge in [-0.1, -0.05) is 6.92 Å². The molecule has 2 N–H and O–H groups in total. The van der Waals surface area contributed by atoms with E-state index in [1.165, 1.54) is 6.42 Å². The molecule has 1 saturated heterocycles. The van der Waals surface area contributed by atoms with Gasteiger partial charge in [0.1, 0.15) is 0 Å². The normalized spacial score (nSPS) is 15.7. The molecule has 0 unspecified atom stereocenters. The van der Waals surface area contributed by atoms with Crippen molar-refractivity contribution >= 4 is 11.5 Å². The van der Waals surface area contributed by atoms with Crippen molar-refractivity contribution in [3.63, 3.8) is 0 Å². The summed E-state index contributed by atoms with van der Waals surface area (Å²) in [4.78, 5) is 2.31. The Labute approximate surface area is 84.7 Å². The lowest BCUT2D eigenvalue weighted by atomic mass is 10.2. The highest BCUT2D eigenvalue weighted by Crippen LogP contribution is 2.29. The molecule has 2 heterocycles. The smallest absolute Gasteiger partial charge is 0.150 e. The largest absolute Gasteiger partial charge is 0.394 e. The van der Waals surface area contributed by atoms with E-state index < -0.39 is 0 Å². The minimum absolute atomic E-state index is 0.859. The van der Waals surface area contributed by atoms with Gasteiger partial charge in [0.25, 0.3) is 0 Å². The molecule has 0 atom stereocenters. The molecule has 1 aromatic rings. The third-order valence-electron chi connectivity index (χ3n) is 2.74. The fraction of sp³-hybridized carbons (Fsp3) is 0.700. The van der Waals surface area contributed by atoms with Crippen molar-refractivity contribution < 1.29 is 0 Å². The highest BCUT2D eigenvalue weighted by atomic mass is 15.4. The van der Waals surface area contributed by atoms with Crippen molar-refractivity contribution in [1.82, 2.24) is 9.78 Å². The summed E-state index contributed by atoms with van der Waals surface area (Å²) in [6.07, 6.45) is 2.37. The number of nitrogens with zero attached hydrogens (tertiary/aromatic N) is 3. The van der Waals surface area contributed by atoms with Gasteiger partial charge in [0, 0.05) is 19.6 Å². The van der Waals surface area contributed by atoms with Gasteiger partial charge in [0.05, 0.1) is 11.4 Å². The van der Waals surface area contributed by atoms with Crippen LogP contribution >= 0.6 is 0 Å². The first kappa shape index (κ1) is 9.37. The van der Waals surface area contributed by atoms with Crippen LogP contribution in [0.15, 0.2) is 0 Å². The van der Waals surface area contributed by atoms with Gasteiger partial charge in [-0.15, -0.1) is 0 Å². The summed E-state index contributed by atoms with van der Waals surface area (Å²) >= 11 is 0. The minimum atomic E-state index is 0.859. The average Bonchev–Trinajstić information content (AvgIpc) is 2.31. The van der Waals surface area contributed by atoms with Crippen molar-refractivity contribution in [1.29, 1.82) is 0 Å². The fourth-order valence-electron chi connectivity index (χ4n) is 1.81. The molecule has 0 saturated carbocycles. The van der Waals surface area contributed by atoms with Gasteiger partial charge in [-0.2, -0.15) is 5.10 Å². The van der Waals surface area contributed by atoms with Crippen LogP contribution in [-0.2, 0) is 6.54 Å². The van der Waals surface area contributed by atoms with Crippen molar-refractivity contribution in [3.8, 4) is 0 Å². The van der Waals surface area contributed by atoms with Crippen LogP contribution in [0.1, 0.15) is 25.5 Å². The van der Waals surface area contributed by atoms with Crippen LogP contribution in [0.3, 0.4) is 0 Å². The number of aromatic nitrogens is 2. The second kappa shape index (κ2) is 3.52. The number of nitrogen functional groups attached to an aromatic ring is 1. The van der Waals surface area contributed by atoms with Crippen LogP contribution in [0.2, 0.25) is 0 Å². The SMILES string of the molecule is CCCn1nc(C)c(N)c1N1CCC1. The van der Waals surface area contributed by atoms with Crippen LogP contribution in [0.25, 0.3) is 0 Å². The Bertz CT molecular complexity index is 325. The second-order valence-corrected chi connectivity index (χ2v) is 3.89. The molecule has 0 radical (unpaired) electrons. The summed E-state index contributed by atoms with van der Waals surface area (Å²) in [6, 6.07) is 0. The first-order chi connectivity index (χ1) is 6.74. The molecule has 0 spiro atoms.